The summed E-state index contributed by atoms with van der Waals surface area (Å²) in [5.74, 6) is 2.23. The van der Waals surface area contributed by atoms with E-state index in [2.05, 4.69) is 16.0 Å². The number of ether oxygens (including phenoxy) is 1. The van der Waals surface area contributed by atoms with Crippen LogP contribution in [0, 0.1) is 12.3 Å². The van der Waals surface area contributed by atoms with Crippen LogP contribution in [0.3, 0.4) is 0 Å². The molecule has 0 fully saturated rings. The van der Waals surface area contributed by atoms with Crippen LogP contribution in [0.5, 0.6) is 0 Å². The van der Waals surface area contributed by atoms with Crippen LogP contribution < -0.4 is 5.32 Å². The van der Waals surface area contributed by atoms with Gasteiger partial charge in [0.25, 0.3) is 0 Å². The van der Waals surface area contributed by atoms with Crippen molar-refractivity contribution in [1.82, 2.24) is 5.32 Å². The predicted octanol–water partition coefficient (Wildman–Crippen LogP) is 0.549. The zero-order chi connectivity index (χ0) is 9.78. The molecule has 0 spiro atoms. The van der Waals surface area contributed by atoms with Crippen LogP contribution in [-0.4, -0.2) is 24.7 Å². The molecule has 68 valence electrons. The van der Waals surface area contributed by atoms with Crippen molar-refractivity contribution in [2.45, 2.75) is 32.4 Å². The summed E-state index contributed by atoms with van der Waals surface area (Å²) in [6, 6.07) is -0.374. The van der Waals surface area contributed by atoms with E-state index >= 15 is 0 Å². The van der Waals surface area contributed by atoms with E-state index in [9.17, 15) is 4.79 Å². The van der Waals surface area contributed by atoms with Gasteiger partial charge in [-0.25, -0.2) is 0 Å². The maximum absolute atomic E-state index is 11.0. The molecule has 0 rings (SSSR count). The largest absolute Gasteiger partial charge is 0.468 e. The van der Waals surface area contributed by atoms with Crippen LogP contribution in [-0.2, 0) is 9.53 Å². The smallest absolute Gasteiger partial charge is 0.322 e. The highest BCUT2D eigenvalue weighted by molar-refractivity contribution is 5.75. The molecule has 0 saturated carbocycles. The van der Waals surface area contributed by atoms with E-state index in [1.165, 1.54) is 7.11 Å². The van der Waals surface area contributed by atoms with Crippen molar-refractivity contribution in [3.05, 3.63) is 0 Å². The minimum absolute atomic E-state index is 0.307. The number of rotatable bonds is 3. The number of esters is 1. The average molecular weight is 169 g/mol. The molecule has 0 amide bonds. The highest BCUT2D eigenvalue weighted by Gasteiger charge is 2.21. The first kappa shape index (κ1) is 11.0. The molecule has 1 unspecified atom stereocenters. The van der Waals surface area contributed by atoms with Crippen molar-refractivity contribution >= 4 is 5.97 Å². The van der Waals surface area contributed by atoms with Crippen LogP contribution >= 0.6 is 0 Å². The normalized spacial score (nSPS) is 13.2. The summed E-state index contributed by atoms with van der Waals surface area (Å²) >= 11 is 0. The molecule has 3 nitrogen and oxygen atoms in total. The first-order valence-electron chi connectivity index (χ1n) is 3.76. The van der Waals surface area contributed by atoms with Crippen LogP contribution in [0.1, 0.15) is 20.8 Å². The molecular weight excluding hydrogens is 154 g/mol. The highest BCUT2D eigenvalue weighted by Crippen LogP contribution is 2.01. The van der Waals surface area contributed by atoms with Gasteiger partial charge in [-0.05, 0) is 20.8 Å². The Balaban J connectivity index is 4.11. The van der Waals surface area contributed by atoms with Crippen molar-refractivity contribution in [3.8, 4) is 12.3 Å². The van der Waals surface area contributed by atoms with Crippen LogP contribution in [0.2, 0.25) is 0 Å². The van der Waals surface area contributed by atoms with Crippen LogP contribution in [0.15, 0.2) is 0 Å². The van der Waals surface area contributed by atoms with Gasteiger partial charge in [0.2, 0.25) is 0 Å². The molecule has 0 aliphatic carbocycles. The molecule has 0 aliphatic rings. The fourth-order valence-corrected chi connectivity index (χ4v) is 0.819. The molecule has 0 aromatic carbocycles. The highest BCUT2D eigenvalue weighted by atomic mass is 16.5. The van der Waals surface area contributed by atoms with Crippen LogP contribution in [0.4, 0.5) is 0 Å². The fraction of sp³-hybridized carbons (Fsp3) is 0.667. The predicted molar refractivity (Wildman–Crippen MR) is 47.5 cm³/mol. The standard InChI is InChI=1S/C9H15NO2/c1-6-9(3,4)10-7(2)8(11)12-5/h1,7,10H,2-5H3. The average Bonchev–Trinajstić information content (AvgIpc) is 2.02. The summed E-state index contributed by atoms with van der Waals surface area (Å²) in [6.07, 6.45) is 5.23. The molecule has 1 atom stereocenters. The van der Waals surface area contributed by atoms with Gasteiger partial charge in [-0.3, -0.25) is 10.1 Å². The van der Waals surface area contributed by atoms with Crippen molar-refractivity contribution < 1.29 is 9.53 Å². The molecule has 1 N–H and O–H groups in total. The topological polar surface area (TPSA) is 38.3 Å². The Morgan fingerprint density at radius 3 is 2.50 bits per heavy atom. The summed E-state index contributed by atoms with van der Waals surface area (Å²) in [5, 5.41) is 2.95. The van der Waals surface area contributed by atoms with E-state index < -0.39 is 5.54 Å². The van der Waals surface area contributed by atoms with E-state index in [-0.39, 0.29) is 12.0 Å². The lowest BCUT2D eigenvalue weighted by Crippen LogP contribution is -2.47. The zero-order valence-electron chi connectivity index (χ0n) is 7.97. The van der Waals surface area contributed by atoms with E-state index in [4.69, 9.17) is 6.42 Å². The van der Waals surface area contributed by atoms with E-state index in [0.29, 0.717) is 0 Å². The number of methoxy groups -OCH3 is 1. The summed E-state index contributed by atoms with van der Waals surface area (Å²) in [6.45, 7) is 5.36. The number of nitrogens with one attached hydrogen (secondary N) is 1. The third-order valence-corrected chi connectivity index (χ3v) is 1.49. The fourth-order valence-electron chi connectivity index (χ4n) is 0.819. The Hall–Kier alpha value is -1.01. The summed E-state index contributed by atoms with van der Waals surface area (Å²) in [5.41, 5.74) is -0.479. The maximum atomic E-state index is 11.0. The lowest BCUT2D eigenvalue weighted by molar-refractivity contribution is -0.143. The van der Waals surface area contributed by atoms with E-state index in [1.54, 1.807) is 6.92 Å². The second-order valence-corrected chi connectivity index (χ2v) is 3.16. The van der Waals surface area contributed by atoms with Gasteiger partial charge in [0.1, 0.15) is 6.04 Å². The van der Waals surface area contributed by atoms with Gasteiger partial charge in [-0.1, -0.05) is 5.92 Å². The Morgan fingerprint density at radius 1 is 1.67 bits per heavy atom. The number of carbonyl (C=O) groups excluding carboxylic acids is 1. The van der Waals surface area contributed by atoms with Gasteiger partial charge < -0.3 is 4.74 Å². The molecule has 0 aliphatic heterocycles. The van der Waals surface area contributed by atoms with E-state index in [1.807, 2.05) is 13.8 Å². The second kappa shape index (κ2) is 4.13. The van der Waals surface area contributed by atoms with E-state index in [0.717, 1.165) is 0 Å². The SMILES string of the molecule is C#CC(C)(C)NC(C)C(=O)OC. The van der Waals surface area contributed by atoms with Gasteiger partial charge in [0.15, 0.2) is 0 Å². The van der Waals surface area contributed by atoms with Crippen molar-refractivity contribution in [2.24, 2.45) is 0 Å². The summed E-state index contributed by atoms with van der Waals surface area (Å²) < 4.78 is 4.53. The molecule has 0 heterocycles. The lowest BCUT2D eigenvalue weighted by atomic mass is 10.1. The van der Waals surface area contributed by atoms with Gasteiger partial charge in [-0.15, -0.1) is 6.42 Å². The van der Waals surface area contributed by atoms with Crippen molar-refractivity contribution in [3.63, 3.8) is 0 Å². The molecule has 0 aromatic rings. The number of hydrogen-bond acceptors (Lipinski definition) is 3. The quantitative estimate of drug-likeness (QED) is 0.495. The third-order valence-electron chi connectivity index (χ3n) is 1.49. The van der Waals surface area contributed by atoms with Gasteiger partial charge in [0.05, 0.1) is 12.6 Å². The van der Waals surface area contributed by atoms with Crippen LogP contribution in [0.25, 0.3) is 0 Å². The van der Waals surface area contributed by atoms with Gasteiger partial charge >= 0.3 is 5.97 Å². The zero-order valence-corrected chi connectivity index (χ0v) is 7.97. The molecule has 0 saturated heterocycles. The Kier molecular flexibility index (Phi) is 3.78. The number of terminal acetylenes is 1. The first-order chi connectivity index (χ1) is 5.43. The lowest BCUT2D eigenvalue weighted by Gasteiger charge is -2.23. The minimum Gasteiger partial charge on any atom is -0.468 e. The Labute approximate surface area is 73.5 Å². The van der Waals surface area contributed by atoms with Crippen molar-refractivity contribution in [1.29, 1.82) is 0 Å². The molecular formula is C9H15NO2. The summed E-state index contributed by atoms with van der Waals surface area (Å²) in [4.78, 5) is 11.0. The third kappa shape index (κ3) is 3.40. The monoisotopic (exact) mass is 169 g/mol. The molecule has 3 heteroatoms. The molecule has 0 bridgehead atoms. The second-order valence-electron chi connectivity index (χ2n) is 3.16. The first-order valence-corrected chi connectivity index (χ1v) is 3.76. The summed E-state index contributed by atoms with van der Waals surface area (Å²) in [7, 11) is 1.35. The molecule has 0 radical (unpaired) electrons. The maximum Gasteiger partial charge on any atom is 0.322 e. The minimum atomic E-state index is -0.479. The van der Waals surface area contributed by atoms with Gasteiger partial charge in [-0.2, -0.15) is 0 Å². The molecule has 0 aromatic heterocycles. The molecule has 12 heavy (non-hydrogen) atoms. The van der Waals surface area contributed by atoms with Gasteiger partial charge in [0, 0.05) is 0 Å². The Morgan fingerprint density at radius 2 is 2.17 bits per heavy atom. The van der Waals surface area contributed by atoms with Crippen molar-refractivity contribution in [2.75, 3.05) is 7.11 Å². The number of hydrogen-bond donors (Lipinski definition) is 1. The Bertz CT molecular complexity index is 203. The number of carbonyl (C=O) groups is 1.